The van der Waals surface area contributed by atoms with Crippen molar-refractivity contribution in [3.8, 4) is 0 Å². The highest BCUT2D eigenvalue weighted by atomic mass is 127. The Balaban J connectivity index is 1.98. The molecule has 2 aromatic carbocycles. The number of rotatable bonds is 7. The van der Waals surface area contributed by atoms with Crippen molar-refractivity contribution in [2.75, 3.05) is 0 Å². The number of para-hydroxylation sites is 1. The molecular formula is C22H25IN4O2S. The summed E-state index contributed by atoms with van der Waals surface area (Å²) in [4.78, 5) is 4.83. The molecular weight excluding hydrogens is 511 g/mol. The van der Waals surface area contributed by atoms with Crippen LogP contribution < -0.4 is 11.1 Å². The molecule has 3 rings (SSSR count). The molecule has 0 saturated carbocycles. The summed E-state index contributed by atoms with van der Waals surface area (Å²) in [5.74, 6) is 0. The molecule has 0 amide bonds. The van der Waals surface area contributed by atoms with E-state index >= 15 is 0 Å². The molecule has 0 saturated heterocycles. The maximum Gasteiger partial charge on any atom is 0.268 e. The Hall–Kier alpha value is -2.17. The van der Waals surface area contributed by atoms with Gasteiger partial charge in [-0.1, -0.05) is 43.0 Å². The molecule has 0 aliphatic rings. The zero-order valence-electron chi connectivity index (χ0n) is 16.9. The summed E-state index contributed by atoms with van der Waals surface area (Å²) in [5, 5.41) is 3.98. The molecule has 2 atom stereocenters. The predicted octanol–water partition coefficient (Wildman–Crippen LogP) is 4.36. The number of nitrogens with one attached hydrogen (secondary N) is 1. The highest BCUT2D eigenvalue weighted by Gasteiger charge is 2.22. The molecule has 6 nitrogen and oxygen atoms in total. The standard InChI is InChI=1S/C22H25IN4O2S/c1-15(24)13-16(2)25-22(23)26-17(3)20-14-27(21-12-8-7-11-19(20)21)30(28,29)18-9-5-4-6-10-18/h4-12,14-16H,3,13,24H2,1-2H3,(H,25,26)/t15-,16+/m0/s1. The maximum absolute atomic E-state index is 13.2. The first-order chi connectivity index (χ1) is 14.2. The van der Waals surface area contributed by atoms with Crippen molar-refractivity contribution in [1.29, 1.82) is 0 Å². The fraction of sp³-hybridized carbons (Fsp3) is 0.227. The van der Waals surface area contributed by atoms with Crippen LogP contribution in [-0.2, 0) is 10.0 Å². The molecule has 158 valence electrons. The van der Waals surface area contributed by atoms with E-state index < -0.39 is 10.0 Å². The lowest BCUT2D eigenvalue weighted by atomic mass is 10.1. The van der Waals surface area contributed by atoms with Crippen LogP contribution in [0.25, 0.3) is 16.6 Å². The minimum absolute atomic E-state index is 0.0667. The first-order valence-electron chi connectivity index (χ1n) is 9.56. The Morgan fingerprint density at radius 1 is 1.17 bits per heavy atom. The molecule has 0 spiro atoms. The lowest BCUT2D eigenvalue weighted by Crippen LogP contribution is -2.23. The van der Waals surface area contributed by atoms with Gasteiger partial charge in [0.25, 0.3) is 10.0 Å². The highest BCUT2D eigenvalue weighted by Crippen LogP contribution is 2.29. The largest absolute Gasteiger partial charge is 0.335 e. The van der Waals surface area contributed by atoms with Gasteiger partial charge in [0.15, 0.2) is 3.84 Å². The number of halogens is 1. The molecule has 0 fully saturated rings. The quantitative estimate of drug-likeness (QED) is 0.203. The zero-order valence-corrected chi connectivity index (χ0v) is 19.9. The minimum Gasteiger partial charge on any atom is -0.335 e. The second-order valence-electron chi connectivity index (χ2n) is 7.26. The molecule has 3 N–H and O–H groups in total. The van der Waals surface area contributed by atoms with Crippen LogP contribution in [0.15, 0.2) is 77.3 Å². The summed E-state index contributed by atoms with van der Waals surface area (Å²) in [6.45, 7) is 8.08. The van der Waals surface area contributed by atoms with Crippen molar-refractivity contribution in [3.05, 3.63) is 72.9 Å². The van der Waals surface area contributed by atoms with Gasteiger partial charge in [-0.15, -0.1) is 0 Å². The Labute approximate surface area is 191 Å². The van der Waals surface area contributed by atoms with E-state index in [0.29, 0.717) is 20.6 Å². The fourth-order valence-electron chi connectivity index (χ4n) is 3.30. The SMILES string of the molecule is C=C(NC(I)=N[C@H](C)C[C@H](C)N)c1cn(S(=O)(=O)c2ccccc2)c2ccccc12. The third-order valence-corrected chi connectivity index (χ3v) is 6.84. The molecule has 0 unspecified atom stereocenters. The molecule has 30 heavy (non-hydrogen) atoms. The monoisotopic (exact) mass is 536 g/mol. The van der Waals surface area contributed by atoms with Gasteiger partial charge in [-0.2, -0.15) is 0 Å². The smallest absolute Gasteiger partial charge is 0.268 e. The van der Waals surface area contributed by atoms with Crippen LogP contribution >= 0.6 is 22.6 Å². The molecule has 8 heteroatoms. The van der Waals surface area contributed by atoms with Crippen molar-refractivity contribution in [1.82, 2.24) is 9.29 Å². The van der Waals surface area contributed by atoms with Gasteiger partial charge in [0.05, 0.1) is 16.5 Å². The van der Waals surface area contributed by atoms with E-state index in [1.54, 1.807) is 42.6 Å². The van der Waals surface area contributed by atoms with Gasteiger partial charge < -0.3 is 11.1 Å². The molecule has 1 aromatic heterocycles. The maximum atomic E-state index is 13.2. The van der Waals surface area contributed by atoms with Crippen LogP contribution in [0.5, 0.6) is 0 Å². The number of aromatic nitrogens is 1. The predicted molar refractivity (Wildman–Crippen MR) is 132 cm³/mol. The van der Waals surface area contributed by atoms with E-state index in [9.17, 15) is 8.42 Å². The van der Waals surface area contributed by atoms with Crippen LogP contribution in [0.1, 0.15) is 25.8 Å². The Morgan fingerprint density at radius 2 is 1.80 bits per heavy atom. The number of aliphatic imine (C=N–C) groups is 1. The van der Waals surface area contributed by atoms with Crippen molar-refractivity contribution < 1.29 is 8.42 Å². The van der Waals surface area contributed by atoms with Gasteiger partial charge in [0.2, 0.25) is 0 Å². The molecule has 0 bridgehead atoms. The average molecular weight is 536 g/mol. The second kappa shape index (κ2) is 9.32. The summed E-state index contributed by atoms with van der Waals surface area (Å²) in [7, 11) is -3.74. The minimum atomic E-state index is -3.74. The summed E-state index contributed by atoms with van der Waals surface area (Å²) in [6, 6.07) is 15.9. The number of nitrogens with zero attached hydrogens (tertiary/aromatic N) is 2. The number of amidine groups is 1. The lowest BCUT2D eigenvalue weighted by molar-refractivity contribution is 0.582. The van der Waals surface area contributed by atoms with E-state index in [0.717, 1.165) is 11.8 Å². The van der Waals surface area contributed by atoms with Gasteiger partial charge >= 0.3 is 0 Å². The number of nitrogens with two attached hydrogens (primary N) is 1. The van der Waals surface area contributed by atoms with Crippen molar-refractivity contribution in [2.24, 2.45) is 10.7 Å². The molecule has 1 heterocycles. The van der Waals surface area contributed by atoms with Crippen molar-refractivity contribution in [3.63, 3.8) is 0 Å². The van der Waals surface area contributed by atoms with Gasteiger partial charge in [-0.05, 0) is 61.1 Å². The zero-order chi connectivity index (χ0) is 21.9. The van der Waals surface area contributed by atoms with Crippen LogP contribution in [-0.4, -0.2) is 28.3 Å². The van der Waals surface area contributed by atoms with Gasteiger partial charge in [0, 0.05) is 28.9 Å². The van der Waals surface area contributed by atoms with E-state index in [2.05, 4.69) is 39.5 Å². The van der Waals surface area contributed by atoms with E-state index in [4.69, 9.17) is 5.73 Å². The fourth-order valence-corrected chi connectivity index (χ4v) is 5.50. The number of fused-ring (bicyclic) bond motifs is 1. The normalized spacial score (nSPS) is 14.5. The molecule has 3 aromatic rings. The number of hydrogen-bond acceptors (Lipinski definition) is 4. The van der Waals surface area contributed by atoms with Crippen LogP contribution in [0.3, 0.4) is 0 Å². The van der Waals surface area contributed by atoms with Crippen LogP contribution in [0.2, 0.25) is 0 Å². The summed E-state index contributed by atoms with van der Waals surface area (Å²) in [5.41, 5.74) is 7.72. The Kier molecular flexibility index (Phi) is 6.99. The summed E-state index contributed by atoms with van der Waals surface area (Å²) in [6.07, 6.45) is 2.38. The van der Waals surface area contributed by atoms with E-state index in [-0.39, 0.29) is 17.0 Å². The van der Waals surface area contributed by atoms with E-state index in [1.807, 2.05) is 32.0 Å². The van der Waals surface area contributed by atoms with Gasteiger partial charge in [-0.25, -0.2) is 12.4 Å². The van der Waals surface area contributed by atoms with Crippen LogP contribution in [0.4, 0.5) is 0 Å². The molecule has 0 radical (unpaired) electrons. The van der Waals surface area contributed by atoms with E-state index in [1.165, 1.54) is 3.97 Å². The highest BCUT2D eigenvalue weighted by molar-refractivity contribution is 14.1. The average Bonchev–Trinajstić information content (AvgIpc) is 3.08. The Bertz CT molecular complexity index is 1180. The third-order valence-electron chi connectivity index (χ3n) is 4.60. The Morgan fingerprint density at radius 3 is 2.47 bits per heavy atom. The topological polar surface area (TPSA) is 89.5 Å². The first kappa shape index (κ1) is 22.5. The summed E-state index contributed by atoms with van der Waals surface area (Å²) < 4.78 is 28.4. The first-order valence-corrected chi connectivity index (χ1v) is 12.1. The van der Waals surface area contributed by atoms with Crippen molar-refractivity contribution in [2.45, 2.75) is 37.2 Å². The van der Waals surface area contributed by atoms with Gasteiger partial charge in [0.1, 0.15) is 0 Å². The number of hydrogen-bond donors (Lipinski definition) is 2. The third kappa shape index (κ3) is 4.93. The summed E-state index contributed by atoms with van der Waals surface area (Å²) >= 11 is 2.11. The second-order valence-corrected chi connectivity index (χ2v) is 10.1. The molecule has 0 aliphatic heterocycles. The molecule has 0 aliphatic carbocycles. The lowest BCUT2D eigenvalue weighted by Gasteiger charge is -2.12. The number of benzene rings is 2. The van der Waals surface area contributed by atoms with Crippen molar-refractivity contribution >= 4 is 53.1 Å². The van der Waals surface area contributed by atoms with Gasteiger partial charge in [-0.3, -0.25) is 4.99 Å². The van der Waals surface area contributed by atoms with Crippen LogP contribution in [0, 0.1) is 0 Å².